The number of halogens is 2. The third-order valence-electron chi connectivity index (χ3n) is 7.37. The van der Waals surface area contributed by atoms with Gasteiger partial charge in [-0.2, -0.15) is 0 Å². The second-order valence-corrected chi connectivity index (χ2v) is 10.4. The predicted molar refractivity (Wildman–Crippen MR) is 177 cm³/mol. The van der Waals surface area contributed by atoms with Crippen LogP contribution in [0, 0.1) is 0 Å². The lowest BCUT2D eigenvalue weighted by molar-refractivity contribution is 0.443. The fraction of sp³-hybridized carbons (Fsp3) is 0.438. The Hall–Kier alpha value is -1.28. The van der Waals surface area contributed by atoms with Gasteiger partial charge < -0.3 is 0 Å². The Kier molecular flexibility index (Phi) is 13.6. The average Bonchev–Trinajstić information content (AvgIpc) is 2.87. The van der Waals surface area contributed by atoms with Crippen LogP contribution in [0.5, 0.6) is 0 Å². The van der Waals surface area contributed by atoms with E-state index >= 15 is 0 Å². The highest BCUT2D eigenvalue weighted by Gasteiger charge is 2.22. The number of fused-ring (bicyclic) bond motifs is 2. The number of aromatic nitrogens is 2. The summed E-state index contributed by atoms with van der Waals surface area (Å²) in [5.41, 5.74) is 5.33. The molecule has 2 aromatic heterocycles. The summed E-state index contributed by atoms with van der Waals surface area (Å²) < 4.78 is 0. The van der Waals surface area contributed by atoms with E-state index in [0.29, 0.717) is 0 Å². The molecule has 2 nitrogen and oxygen atoms in total. The van der Waals surface area contributed by atoms with Crippen LogP contribution in [0.3, 0.4) is 0 Å². The number of benzene rings is 2. The fourth-order valence-electron chi connectivity index (χ4n) is 5.31. The van der Waals surface area contributed by atoms with Crippen molar-refractivity contribution in [3.63, 3.8) is 0 Å². The van der Waals surface area contributed by atoms with Gasteiger partial charge in [-0.3, -0.25) is 9.97 Å². The Balaban J connectivity index is 0.00000228. The first kappa shape index (κ1) is 30.9. The van der Waals surface area contributed by atoms with Crippen molar-refractivity contribution < 1.29 is 0 Å². The minimum Gasteiger partial charge on any atom is -0.256 e. The number of aryl methyl sites for hydroxylation is 1. The third kappa shape index (κ3) is 8.64. The summed E-state index contributed by atoms with van der Waals surface area (Å²) in [6.45, 7) is 4.78. The maximum atomic E-state index is 4.54. The van der Waals surface area contributed by atoms with Crippen LogP contribution in [0.2, 0.25) is 0 Å². The molecule has 2 heterocycles. The lowest BCUT2D eigenvalue weighted by Gasteiger charge is -2.26. The Morgan fingerprint density at radius 2 is 1.06 bits per heavy atom. The van der Waals surface area contributed by atoms with Gasteiger partial charge in [-0.15, -0.1) is 48.0 Å². The van der Waals surface area contributed by atoms with E-state index < -0.39 is 0 Å². The van der Waals surface area contributed by atoms with Crippen molar-refractivity contribution >= 4 is 69.8 Å². The van der Waals surface area contributed by atoms with Gasteiger partial charge in [0, 0.05) is 23.2 Å². The molecule has 2 aromatic carbocycles. The van der Waals surface area contributed by atoms with Gasteiger partial charge in [0.05, 0.1) is 11.0 Å². The Labute approximate surface area is 252 Å². The molecule has 0 fully saturated rings. The van der Waals surface area contributed by atoms with Gasteiger partial charge >= 0.3 is 0 Å². The monoisotopic (exact) mass is 708 g/mol. The second-order valence-electron chi connectivity index (χ2n) is 10.4. The molecule has 4 rings (SSSR count). The van der Waals surface area contributed by atoms with Crippen molar-refractivity contribution in [2.75, 3.05) is 0 Å². The summed E-state index contributed by atoms with van der Waals surface area (Å²) in [5, 5.41) is 2.64. The molecule has 36 heavy (non-hydrogen) atoms. The van der Waals surface area contributed by atoms with E-state index in [0.717, 1.165) is 11.0 Å². The number of rotatable bonds is 13. The van der Waals surface area contributed by atoms with Gasteiger partial charge in [0.25, 0.3) is 0 Å². The molecule has 0 N–H and O–H groups in total. The van der Waals surface area contributed by atoms with E-state index in [1.165, 1.54) is 92.5 Å². The molecule has 0 saturated heterocycles. The van der Waals surface area contributed by atoms with Crippen LogP contribution in [0.1, 0.15) is 89.2 Å². The van der Waals surface area contributed by atoms with E-state index in [1.807, 2.05) is 12.4 Å². The number of nitrogens with zero attached hydrogens (tertiary/aromatic N) is 2. The van der Waals surface area contributed by atoms with Gasteiger partial charge in [0.15, 0.2) is 0 Å². The lowest BCUT2D eigenvalue weighted by atomic mass is 9.78. The van der Waals surface area contributed by atoms with Crippen LogP contribution in [0.15, 0.2) is 73.1 Å². The van der Waals surface area contributed by atoms with Gasteiger partial charge in [0.1, 0.15) is 0 Å². The molecule has 0 saturated carbocycles. The number of pyridine rings is 2. The Morgan fingerprint density at radius 1 is 0.556 bits per heavy atom. The summed E-state index contributed by atoms with van der Waals surface area (Å²) in [6, 6.07) is 21.5. The van der Waals surface area contributed by atoms with Crippen molar-refractivity contribution in [3.05, 3.63) is 84.2 Å². The van der Waals surface area contributed by atoms with Crippen molar-refractivity contribution in [1.29, 1.82) is 0 Å². The van der Waals surface area contributed by atoms with Gasteiger partial charge in [-0.05, 0) is 60.1 Å². The predicted octanol–water partition coefficient (Wildman–Crippen LogP) is 10.4. The summed E-state index contributed by atoms with van der Waals surface area (Å²) >= 11 is 0. The first-order valence-corrected chi connectivity index (χ1v) is 13.3. The van der Waals surface area contributed by atoms with E-state index in [9.17, 15) is 0 Å². The minimum atomic E-state index is 0. The molecular weight excluding hydrogens is 666 g/mol. The smallest absolute Gasteiger partial charge is 0.0704 e. The molecule has 0 amide bonds. The third-order valence-corrected chi connectivity index (χ3v) is 7.37. The van der Waals surface area contributed by atoms with Crippen LogP contribution >= 0.6 is 48.0 Å². The fourth-order valence-corrected chi connectivity index (χ4v) is 5.31. The number of hydrogen-bond acceptors (Lipinski definition) is 2. The summed E-state index contributed by atoms with van der Waals surface area (Å²) in [6.07, 6.45) is 18.5. The molecule has 0 aliphatic rings. The van der Waals surface area contributed by atoms with E-state index in [1.54, 1.807) is 0 Å². The topological polar surface area (TPSA) is 25.8 Å². The SMILES string of the molecule is CC(C)(CCCCCCCCCCCc1ccnc2ccccc12)c1ccnc2ccccc12.I.I. The molecule has 4 aromatic rings. The first-order valence-electron chi connectivity index (χ1n) is 13.3. The van der Waals surface area contributed by atoms with Crippen LogP contribution in [-0.4, -0.2) is 9.97 Å². The standard InChI is InChI=1S/C32H40N2.2HI/c1-32(2,29-22-25-34-31-20-14-12-18-28(29)31)23-15-9-7-5-3-4-6-8-10-16-26-21-24-33-30-19-13-11-17-27(26)30;;/h11-14,17-22,24-25H,3-10,15-16,23H2,1-2H3;2*1H. The highest BCUT2D eigenvalue weighted by atomic mass is 127. The van der Waals surface area contributed by atoms with Crippen LogP contribution in [0.4, 0.5) is 0 Å². The van der Waals surface area contributed by atoms with E-state index in [2.05, 4.69) is 84.5 Å². The molecule has 4 heteroatoms. The van der Waals surface area contributed by atoms with E-state index in [-0.39, 0.29) is 53.4 Å². The molecule has 0 spiro atoms. The average molecular weight is 709 g/mol. The summed E-state index contributed by atoms with van der Waals surface area (Å²) in [5.74, 6) is 0. The van der Waals surface area contributed by atoms with Crippen molar-refractivity contribution in [1.82, 2.24) is 9.97 Å². The zero-order valence-corrected chi connectivity index (χ0v) is 26.6. The Bertz CT molecular complexity index is 1180. The zero-order chi connectivity index (χ0) is 23.6. The lowest BCUT2D eigenvalue weighted by Crippen LogP contribution is -2.17. The van der Waals surface area contributed by atoms with Gasteiger partial charge in [-0.1, -0.05) is 102 Å². The van der Waals surface area contributed by atoms with Crippen molar-refractivity contribution in [2.45, 2.75) is 89.9 Å². The number of unbranched alkanes of at least 4 members (excludes halogenated alkanes) is 8. The molecule has 0 atom stereocenters. The molecule has 0 bridgehead atoms. The molecule has 0 aliphatic heterocycles. The minimum absolute atomic E-state index is 0. The molecular formula is C32H42I2N2. The first-order chi connectivity index (χ1) is 16.6. The van der Waals surface area contributed by atoms with Crippen LogP contribution in [-0.2, 0) is 11.8 Å². The molecule has 194 valence electrons. The second kappa shape index (κ2) is 15.9. The highest BCUT2D eigenvalue weighted by molar-refractivity contribution is 14.0. The van der Waals surface area contributed by atoms with Crippen molar-refractivity contribution in [3.8, 4) is 0 Å². The largest absolute Gasteiger partial charge is 0.256 e. The normalized spacial score (nSPS) is 11.3. The summed E-state index contributed by atoms with van der Waals surface area (Å²) in [7, 11) is 0. The molecule has 0 aliphatic carbocycles. The number of para-hydroxylation sites is 2. The van der Waals surface area contributed by atoms with E-state index in [4.69, 9.17) is 0 Å². The van der Waals surface area contributed by atoms with Crippen LogP contribution in [0.25, 0.3) is 21.8 Å². The maximum absolute atomic E-state index is 4.54. The summed E-state index contributed by atoms with van der Waals surface area (Å²) in [4.78, 5) is 9.02. The zero-order valence-electron chi connectivity index (χ0n) is 21.9. The number of hydrogen-bond donors (Lipinski definition) is 0. The van der Waals surface area contributed by atoms with Gasteiger partial charge in [0.2, 0.25) is 0 Å². The Morgan fingerprint density at radius 3 is 1.72 bits per heavy atom. The quantitative estimate of drug-likeness (QED) is 0.102. The molecule has 0 radical (unpaired) electrons. The molecule has 0 unspecified atom stereocenters. The maximum Gasteiger partial charge on any atom is 0.0704 e. The van der Waals surface area contributed by atoms with Gasteiger partial charge in [-0.25, -0.2) is 0 Å². The highest BCUT2D eigenvalue weighted by Crippen LogP contribution is 2.33. The van der Waals surface area contributed by atoms with Crippen molar-refractivity contribution in [2.24, 2.45) is 0 Å². The van der Waals surface area contributed by atoms with Crippen LogP contribution < -0.4 is 0 Å².